The van der Waals surface area contributed by atoms with Gasteiger partial charge in [-0.2, -0.15) is 5.10 Å². The lowest BCUT2D eigenvalue weighted by Gasteiger charge is -2.08. The minimum Gasteiger partial charge on any atom is -0.378 e. The van der Waals surface area contributed by atoms with Gasteiger partial charge in [0.25, 0.3) is 0 Å². The number of rotatable bonds is 4. The highest BCUT2D eigenvalue weighted by Gasteiger charge is 2.02. The van der Waals surface area contributed by atoms with Crippen LogP contribution in [0.25, 0.3) is 0 Å². The van der Waals surface area contributed by atoms with Crippen molar-refractivity contribution in [2.24, 2.45) is 0 Å². The van der Waals surface area contributed by atoms with Gasteiger partial charge in [0.05, 0.1) is 6.54 Å². The molecule has 1 aromatic heterocycles. The lowest BCUT2D eigenvalue weighted by molar-refractivity contribution is 0.622. The van der Waals surface area contributed by atoms with E-state index in [1.165, 1.54) is 5.56 Å². The SMILES string of the molecule is CCn1ncnc1CNc1ccc(Br)c(C)c1. The highest BCUT2D eigenvalue weighted by Crippen LogP contribution is 2.20. The van der Waals surface area contributed by atoms with Gasteiger partial charge in [-0.1, -0.05) is 15.9 Å². The van der Waals surface area contributed by atoms with Crippen molar-refractivity contribution in [3.8, 4) is 0 Å². The summed E-state index contributed by atoms with van der Waals surface area (Å²) >= 11 is 3.49. The van der Waals surface area contributed by atoms with E-state index in [2.05, 4.69) is 51.2 Å². The molecule has 1 N–H and O–H groups in total. The zero-order chi connectivity index (χ0) is 12.3. The van der Waals surface area contributed by atoms with Crippen LogP contribution in [0.2, 0.25) is 0 Å². The van der Waals surface area contributed by atoms with Crippen molar-refractivity contribution < 1.29 is 0 Å². The monoisotopic (exact) mass is 294 g/mol. The van der Waals surface area contributed by atoms with Crippen LogP contribution in [-0.4, -0.2) is 14.8 Å². The van der Waals surface area contributed by atoms with Crippen LogP contribution in [0.15, 0.2) is 29.0 Å². The predicted octanol–water partition coefficient (Wildman–Crippen LogP) is 2.98. The van der Waals surface area contributed by atoms with Gasteiger partial charge >= 0.3 is 0 Å². The van der Waals surface area contributed by atoms with Gasteiger partial charge in [0.2, 0.25) is 0 Å². The normalized spacial score (nSPS) is 10.5. The molecule has 0 bridgehead atoms. The minimum atomic E-state index is 0.689. The Morgan fingerprint density at radius 3 is 2.94 bits per heavy atom. The van der Waals surface area contributed by atoms with Crippen LogP contribution in [0, 0.1) is 6.92 Å². The Balaban J connectivity index is 2.05. The Kier molecular flexibility index (Phi) is 3.78. The second-order valence-electron chi connectivity index (χ2n) is 3.81. The standard InChI is InChI=1S/C12H15BrN4/c1-3-17-12(15-8-16-17)7-14-10-4-5-11(13)9(2)6-10/h4-6,8,14H,3,7H2,1-2H3. The molecular weight excluding hydrogens is 280 g/mol. The van der Waals surface area contributed by atoms with E-state index in [1.54, 1.807) is 6.33 Å². The van der Waals surface area contributed by atoms with Crippen LogP contribution in [0.4, 0.5) is 5.69 Å². The first kappa shape index (κ1) is 12.1. The lowest BCUT2D eigenvalue weighted by Crippen LogP contribution is -2.09. The fraction of sp³-hybridized carbons (Fsp3) is 0.333. The second-order valence-corrected chi connectivity index (χ2v) is 4.66. The molecule has 0 spiro atoms. The summed E-state index contributed by atoms with van der Waals surface area (Å²) in [4.78, 5) is 4.22. The molecule has 17 heavy (non-hydrogen) atoms. The van der Waals surface area contributed by atoms with Gasteiger partial charge in [-0.25, -0.2) is 9.67 Å². The van der Waals surface area contributed by atoms with Crippen molar-refractivity contribution >= 4 is 21.6 Å². The fourth-order valence-corrected chi connectivity index (χ4v) is 1.87. The van der Waals surface area contributed by atoms with Crippen molar-refractivity contribution in [1.29, 1.82) is 0 Å². The Morgan fingerprint density at radius 1 is 1.41 bits per heavy atom. The highest BCUT2D eigenvalue weighted by molar-refractivity contribution is 9.10. The number of aromatic nitrogens is 3. The van der Waals surface area contributed by atoms with Crippen molar-refractivity contribution in [2.45, 2.75) is 26.9 Å². The predicted molar refractivity (Wildman–Crippen MR) is 71.9 cm³/mol. The number of hydrogen-bond donors (Lipinski definition) is 1. The van der Waals surface area contributed by atoms with Gasteiger partial charge in [-0.05, 0) is 37.6 Å². The molecule has 90 valence electrons. The minimum absolute atomic E-state index is 0.689. The topological polar surface area (TPSA) is 42.7 Å². The van der Waals surface area contributed by atoms with E-state index in [0.29, 0.717) is 6.54 Å². The van der Waals surface area contributed by atoms with Gasteiger partial charge in [-0.15, -0.1) is 0 Å². The molecule has 2 rings (SSSR count). The smallest absolute Gasteiger partial charge is 0.146 e. The average molecular weight is 295 g/mol. The molecule has 4 nitrogen and oxygen atoms in total. The highest BCUT2D eigenvalue weighted by atomic mass is 79.9. The zero-order valence-electron chi connectivity index (χ0n) is 9.94. The molecule has 0 saturated heterocycles. The number of halogens is 1. The summed E-state index contributed by atoms with van der Waals surface area (Å²) < 4.78 is 3.01. The Hall–Kier alpha value is -1.36. The molecule has 1 heterocycles. The van der Waals surface area contributed by atoms with E-state index in [4.69, 9.17) is 0 Å². The first-order valence-electron chi connectivity index (χ1n) is 5.57. The summed E-state index contributed by atoms with van der Waals surface area (Å²) in [5, 5.41) is 7.48. The van der Waals surface area contributed by atoms with Crippen LogP contribution >= 0.6 is 15.9 Å². The summed E-state index contributed by atoms with van der Waals surface area (Å²) in [7, 11) is 0. The third-order valence-electron chi connectivity index (χ3n) is 2.60. The number of hydrogen-bond acceptors (Lipinski definition) is 3. The van der Waals surface area contributed by atoms with E-state index in [0.717, 1.165) is 22.5 Å². The van der Waals surface area contributed by atoms with Crippen molar-refractivity contribution in [3.63, 3.8) is 0 Å². The molecule has 0 unspecified atom stereocenters. The molecule has 5 heteroatoms. The molecule has 2 aromatic rings. The lowest BCUT2D eigenvalue weighted by atomic mass is 10.2. The molecule has 0 amide bonds. The van der Waals surface area contributed by atoms with Crippen LogP contribution in [0.3, 0.4) is 0 Å². The Morgan fingerprint density at radius 2 is 2.24 bits per heavy atom. The maximum absolute atomic E-state index is 4.22. The quantitative estimate of drug-likeness (QED) is 0.943. The number of nitrogens with zero attached hydrogens (tertiary/aromatic N) is 3. The molecule has 0 aliphatic heterocycles. The molecule has 0 atom stereocenters. The van der Waals surface area contributed by atoms with Crippen molar-refractivity contribution in [2.75, 3.05) is 5.32 Å². The maximum Gasteiger partial charge on any atom is 0.146 e. The fourth-order valence-electron chi connectivity index (χ4n) is 1.62. The summed E-state index contributed by atoms with van der Waals surface area (Å²) in [6, 6.07) is 6.20. The molecule has 0 aliphatic rings. The van der Waals surface area contributed by atoms with Crippen LogP contribution < -0.4 is 5.32 Å². The van der Waals surface area contributed by atoms with Crippen LogP contribution in [0.5, 0.6) is 0 Å². The van der Waals surface area contributed by atoms with Crippen LogP contribution in [-0.2, 0) is 13.1 Å². The van der Waals surface area contributed by atoms with E-state index in [1.807, 2.05) is 16.8 Å². The first-order chi connectivity index (χ1) is 8.20. The van der Waals surface area contributed by atoms with Crippen molar-refractivity contribution in [1.82, 2.24) is 14.8 Å². The van der Waals surface area contributed by atoms with Gasteiger partial charge < -0.3 is 5.32 Å². The maximum atomic E-state index is 4.22. The zero-order valence-corrected chi connectivity index (χ0v) is 11.5. The molecule has 0 saturated carbocycles. The Labute approximate surface area is 109 Å². The third kappa shape index (κ3) is 2.85. The second kappa shape index (κ2) is 5.31. The number of nitrogens with one attached hydrogen (secondary N) is 1. The van der Waals surface area contributed by atoms with Crippen LogP contribution in [0.1, 0.15) is 18.3 Å². The van der Waals surface area contributed by atoms with Gasteiger partial charge in [-0.3, -0.25) is 0 Å². The summed E-state index contributed by atoms with van der Waals surface area (Å²) in [5.41, 5.74) is 2.31. The summed E-state index contributed by atoms with van der Waals surface area (Å²) in [6.07, 6.45) is 1.59. The summed E-state index contributed by atoms with van der Waals surface area (Å²) in [5.74, 6) is 0.952. The van der Waals surface area contributed by atoms with E-state index < -0.39 is 0 Å². The molecule has 0 radical (unpaired) electrons. The Bertz CT molecular complexity index is 507. The molecule has 0 fully saturated rings. The van der Waals surface area contributed by atoms with Crippen molar-refractivity contribution in [3.05, 3.63) is 40.4 Å². The number of anilines is 1. The van der Waals surface area contributed by atoms with E-state index >= 15 is 0 Å². The van der Waals surface area contributed by atoms with E-state index in [9.17, 15) is 0 Å². The number of benzene rings is 1. The summed E-state index contributed by atoms with van der Waals surface area (Å²) in [6.45, 7) is 5.66. The largest absolute Gasteiger partial charge is 0.378 e. The average Bonchev–Trinajstić information content (AvgIpc) is 2.78. The number of aryl methyl sites for hydroxylation is 2. The molecule has 1 aromatic carbocycles. The van der Waals surface area contributed by atoms with Gasteiger partial charge in [0.1, 0.15) is 12.2 Å². The third-order valence-corrected chi connectivity index (χ3v) is 3.49. The van der Waals surface area contributed by atoms with Gasteiger partial charge in [0, 0.05) is 16.7 Å². The van der Waals surface area contributed by atoms with Gasteiger partial charge in [0.15, 0.2) is 0 Å². The molecular formula is C12H15BrN4. The molecule has 0 aliphatic carbocycles. The van der Waals surface area contributed by atoms with E-state index in [-0.39, 0.29) is 0 Å². The first-order valence-corrected chi connectivity index (χ1v) is 6.36.